The van der Waals surface area contributed by atoms with Gasteiger partial charge in [0.1, 0.15) is 16.3 Å². The van der Waals surface area contributed by atoms with Crippen molar-refractivity contribution in [2.24, 2.45) is 0 Å². The summed E-state index contributed by atoms with van der Waals surface area (Å²) < 4.78 is 11.0. The fourth-order valence-corrected chi connectivity index (χ4v) is 3.16. The molecule has 0 radical (unpaired) electrons. The van der Waals surface area contributed by atoms with Crippen molar-refractivity contribution in [1.29, 1.82) is 0 Å². The zero-order valence-corrected chi connectivity index (χ0v) is 13.5. The lowest BCUT2D eigenvalue weighted by Gasteiger charge is -2.06. The van der Waals surface area contributed by atoms with Crippen LogP contribution in [-0.2, 0) is 6.42 Å². The molecular weight excluding hydrogens is 322 g/mol. The average molecular weight is 335 g/mol. The van der Waals surface area contributed by atoms with Gasteiger partial charge >= 0.3 is 5.63 Å². The molecule has 0 aliphatic carbocycles. The summed E-state index contributed by atoms with van der Waals surface area (Å²) in [7, 11) is 0. The number of aromatic nitrogens is 1. The van der Waals surface area contributed by atoms with Gasteiger partial charge in [0.2, 0.25) is 5.89 Å². The van der Waals surface area contributed by atoms with Crippen molar-refractivity contribution in [3.8, 4) is 11.5 Å². The highest BCUT2D eigenvalue weighted by Crippen LogP contribution is 2.22. The van der Waals surface area contributed by atoms with E-state index < -0.39 is 0 Å². The van der Waals surface area contributed by atoms with Crippen LogP contribution in [0.2, 0.25) is 0 Å². The SMILES string of the molecule is O=c1oc(Cc2ccc(Oc3ccccc3)cc2)nc2sccc12. The normalized spacial score (nSPS) is 10.8. The monoisotopic (exact) mass is 335 g/mol. The number of thiophene rings is 1. The summed E-state index contributed by atoms with van der Waals surface area (Å²) in [5.74, 6) is 1.97. The van der Waals surface area contributed by atoms with E-state index in [-0.39, 0.29) is 5.63 Å². The van der Waals surface area contributed by atoms with Crippen LogP contribution >= 0.6 is 11.3 Å². The first-order valence-electron chi connectivity index (χ1n) is 7.47. The predicted molar refractivity (Wildman–Crippen MR) is 93.9 cm³/mol. The third-order valence-corrected chi connectivity index (χ3v) is 4.37. The number of hydrogen-bond donors (Lipinski definition) is 0. The maximum absolute atomic E-state index is 11.9. The van der Waals surface area contributed by atoms with E-state index in [1.165, 1.54) is 11.3 Å². The van der Waals surface area contributed by atoms with Gasteiger partial charge in [0.05, 0.1) is 5.39 Å². The maximum Gasteiger partial charge on any atom is 0.347 e. The van der Waals surface area contributed by atoms with Gasteiger partial charge < -0.3 is 9.15 Å². The first-order valence-corrected chi connectivity index (χ1v) is 8.35. The van der Waals surface area contributed by atoms with Crippen LogP contribution in [0, 0.1) is 0 Å². The Hall–Kier alpha value is -2.92. The topological polar surface area (TPSA) is 52.3 Å². The molecule has 0 N–H and O–H groups in total. The van der Waals surface area contributed by atoms with E-state index in [1.54, 1.807) is 6.07 Å². The summed E-state index contributed by atoms with van der Waals surface area (Å²) in [4.78, 5) is 17.0. The Balaban J connectivity index is 1.53. The first kappa shape index (κ1) is 14.7. The van der Waals surface area contributed by atoms with Crippen molar-refractivity contribution in [1.82, 2.24) is 4.98 Å². The molecule has 0 bridgehead atoms. The molecule has 4 aromatic rings. The zero-order valence-electron chi connectivity index (χ0n) is 12.6. The van der Waals surface area contributed by atoms with Crippen LogP contribution in [0.5, 0.6) is 11.5 Å². The molecule has 5 heteroatoms. The molecule has 0 unspecified atom stereocenters. The molecule has 0 fully saturated rings. The zero-order chi connectivity index (χ0) is 16.4. The van der Waals surface area contributed by atoms with Crippen LogP contribution in [0.3, 0.4) is 0 Å². The minimum atomic E-state index is -0.333. The summed E-state index contributed by atoms with van der Waals surface area (Å²) in [6.45, 7) is 0. The minimum Gasteiger partial charge on any atom is -0.457 e. The third kappa shape index (κ3) is 3.07. The van der Waals surface area contributed by atoms with Crippen molar-refractivity contribution in [2.75, 3.05) is 0 Å². The highest BCUT2D eigenvalue weighted by molar-refractivity contribution is 7.16. The van der Waals surface area contributed by atoms with Crippen molar-refractivity contribution in [3.63, 3.8) is 0 Å². The van der Waals surface area contributed by atoms with E-state index in [4.69, 9.17) is 9.15 Å². The van der Waals surface area contributed by atoms with Crippen LogP contribution in [0.4, 0.5) is 0 Å². The number of rotatable bonds is 4. The van der Waals surface area contributed by atoms with Gasteiger partial charge in [-0.3, -0.25) is 0 Å². The highest BCUT2D eigenvalue weighted by Gasteiger charge is 2.08. The lowest BCUT2D eigenvalue weighted by atomic mass is 10.1. The lowest BCUT2D eigenvalue weighted by molar-refractivity contribution is 0.454. The number of nitrogens with zero attached hydrogens (tertiary/aromatic N) is 1. The lowest BCUT2D eigenvalue weighted by Crippen LogP contribution is -2.03. The molecule has 118 valence electrons. The highest BCUT2D eigenvalue weighted by atomic mass is 32.1. The molecule has 0 spiro atoms. The Morgan fingerprint density at radius 3 is 2.50 bits per heavy atom. The van der Waals surface area contributed by atoms with Crippen LogP contribution in [0.25, 0.3) is 10.2 Å². The summed E-state index contributed by atoms with van der Waals surface area (Å²) in [6.07, 6.45) is 0.467. The van der Waals surface area contributed by atoms with Gasteiger partial charge in [0.15, 0.2) is 0 Å². The van der Waals surface area contributed by atoms with Crippen LogP contribution in [0.1, 0.15) is 11.5 Å². The largest absolute Gasteiger partial charge is 0.457 e. The summed E-state index contributed by atoms with van der Waals surface area (Å²) >= 11 is 1.44. The average Bonchev–Trinajstić information content (AvgIpc) is 3.07. The maximum atomic E-state index is 11.9. The third-order valence-electron chi connectivity index (χ3n) is 3.56. The van der Waals surface area contributed by atoms with Gasteiger partial charge in [-0.25, -0.2) is 9.78 Å². The second kappa shape index (κ2) is 6.29. The number of ether oxygens (including phenoxy) is 1. The fourth-order valence-electron chi connectivity index (χ4n) is 2.39. The Labute approximate surface area is 142 Å². The molecule has 0 saturated heterocycles. The molecule has 0 amide bonds. The summed E-state index contributed by atoms with van der Waals surface area (Å²) in [5.41, 5.74) is 0.669. The Morgan fingerprint density at radius 2 is 1.71 bits per heavy atom. The van der Waals surface area contributed by atoms with Gasteiger partial charge in [0, 0.05) is 6.42 Å². The van der Waals surface area contributed by atoms with Gasteiger partial charge in [-0.1, -0.05) is 30.3 Å². The quantitative estimate of drug-likeness (QED) is 0.545. The molecule has 0 atom stereocenters. The van der Waals surface area contributed by atoms with Crippen molar-refractivity contribution in [2.45, 2.75) is 6.42 Å². The first-order chi connectivity index (χ1) is 11.8. The molecule has 0 aliphatic rings. The van der Waals surface area contributed by atoms with E-state index in [1.807, 2.05) is 60.0 Å². The van der Waals surface area contributed by atoms with Crippen molar-refractivity contribution >= 4 is 21.6 Å². The number of benzene rings is 2. The van der Waals surface area contributed by atoms with Crippen molar-refractivity contribution in [3.05, 3.63) is 87.9 Å². The molecule has 2 aromatic carbocycles. The smallest absolute Gasteiger partial charge is 0.347 e. The Bertz CT molecular complexity index is 1020. The number of fused-ring (bicyclic) bond motifs is 1. The fraction of sp³-hybridized carbons (Fsp3) is 0.0526. The molecule has 4 rings (SSSR count). The van der Waals surface area contributed by atoms with E-state index in [2.05, 4.69) is 4.98 Å². The molecule has 4 nitrogen and oxygen atoms in total. The van der Waals surface area contributed by atoms with E-state index in [0.29, 0.717) is 22.5 Å². The van der Waals surface area contributed by atoms with Gasteiger partial charge in [-0.05, 0) is 41.3 Å². The van der Waals surface area contributed by atoms with Crippen LogP contribution in [0.15, 0.2) is 75.3 Å². The standard InChI is InChI=1S/C19H13NO3S/c21-19-16-10-11-24-18(16)20-17(23-19)12-13-6-8-15(9-7-13)22-14-4-2-1-3-5-14/h1-11H,12H2. The molecule has 0 saturated carbocycles. The van der Waals surface area contributed by atoms with Crippen LogP contribution in [-0.4, -0.2) is 4.98 Å². The summed E-state index contributed by atoms with van der Waals surface area (Å²) in [5, 5.41) is 2.38. The van der Waals surface area contributed by atoms with Gasteiger partial charge in [0.25, 0.3) is 0 Å². The minimum absolute atomic E-state index is 0.333. The van der Waals surface area contributed by atoms with Crippen molar-refractivity contribution < 1.29 is 9.15 Å². The molecule has 2 heterocycles. The molecule has 2 aromatic heterocycles. The molecular formula is C19H13NO3S. The van der Waals surface area contributed by atoms with Gasteiger partial charge in [-0.15, -0.1) is 11.3 Å². The van der Waals surface area contributed by atoms with E-state index in [0.717, 1.165) is 17.1 Å². The Kier molecular flexibility index (Phi) is 3.84. The Morgan fingerprint density at radius 1 is 0.958 bits per heavy atom. The molecule has 24 heavy (non-hydrogen) atoms. The van der Waals surface area contributed by atoms with Gasteiger partial charge in [-0.2, -0.15) is 0 Å². The predicted octanol–water partition coefficient (Wildman–Crippen LogP) is 4.63. The number of para-hydroxylation sites is 1. The second-order valence-electron chi connectivity index (χ2n) is 5.27. The van der Waals surface area contributed by atoms with E-state index >= 15 is 0 Å². The number of hydrogen-bond acceptors (Lipinski definition) is 5. The van der Waals surface area contributed by atoms with E-state index in [9.17, 15) is 4.79 Å². The summed E-state index contributed by atoms with van der Waals surface area (Å²) in [6, 6.07) is 19.0. The second-order valence-corrected chi connectivity index (χ2v) is 6.16. The van der Waals surface area contributed by atoms with Crippen LogP contribution < -0.4 is 10.4 Å². The molecule has 0 aliphatic heterocycles.